The van der Waals surface area contributed by atoms with Gasteiger partial charge in [-0.3, -0.25) is 14.9 Å². The van der Waals surface area contributed by atoms with Crippen molar-refractivity contribution in [3.63, 3.8) is 0 Å². The van der Waals surface area contributed by atoms with Gasteiger partial charge < -0.3 is 5.32 Å². The molecule has 1 amide bonds. The highest BCUT2D eigenvalue weighted by Crippen LogP contribution is 2.29. The quantitative estimate of drug-likeness (QED) is 0.567. The summed E-state index contributed by atoms with van der Waals surface area (Å²) in [5.74, 6) is -0.941. The van der Waals surface area contributed by atoms with Crippen LogP contribution < -0.4 is 5.32 Å². The van der Waals surface area contributed by atoms with Crippen LogP contribution in [0, 0.1) is 23.0 Å². The molecule has 2 aromatic rings. The Balaban J connectivity index is 1.73. The molecular weight excluding hydrogens is 418 g/mol. The van der Waals surface area contributed by atoms with Gasteiger partial charge in [-0.15, -0.1) is 0 Å². The van der Waals surface area contributed by atoms with E-state index >= 15 is 0 Å². The average molecular weight is 438 g/mol. The molecular formula is C19H20ClN3O5S. The Morgan fingerprint density at radius 1 is 1.24 bits per heavy atom. The number of amides is 1. The van der Waals surface area contributed by atoms with Crippen LogP contribution in [0.25, 0.3) is 0 Å². The van der Waals surface area contributed by atoms with Crippen molar-refractivity contribution in [1.29, 1.82) is 0 Å². The van der Waals surface area contributed by atoms with Crippen molar-refractivity contribution in [3.05, 3.63) is 63.2 Å². The highest BCUT2D eigenvalue weighted by molar-refractivity contribution is 7.89. The van der Waals surface area contributed by atoms with Gasteiger partial charge in [0.1, 0.15) is 5.02 Å². The highest BCUT2D eigenvalue weighted by atomic mass is 35.5. The summed E-state index contributed by atoms with van der Waals surface area (Å²) in [6.07, 6.45) is 1.07. The summed E-state index contributed by atoms with van der Waals surface area (Å²) in [4.78, 5) is 23.2. The minimum atomic E-state index is -3.70. The van der Waals surface area contributed by atoms with Crippen molar-refractivity contribution >= 4 is 38.9 Å². The fourth-order valence-electron chi connectivity index (χ4n) is 3.21. The number of nitro groups is 1. The number of hydrogen-bond acceptors (Lipinski definition) is 5. The van der Waals surface area contributed by atoms with Gasteiger partial charge in [0.15, 0.2) is 0 Å². The van der Waals surface area contributed by atoms with Crippen molar-refractivity contribution in [3.8, 4) is 0 Å². The Morgan fingerprint density at radius 2 is 1.93 bits per heavy atom. The summed E-state index contributed by atoms with van der Waals surface area (Å²) >= 11 is 5.79. The second-order valence-corrected chi connectivity index (χ2v) is 9.27. The Hall–Kier alpha value is -2.49. The fourth-order valence-corrected chi connectivity index (χ4v) is 4.92. The molecule has 154 valence electrons. The zero-order chi connectivity index (χ0) is 21.2. The first-order chi connectivity index (χ1) is 13.7. The molecule has 1 heterocycles. The zero-order valence-corrected chi connectivity index (χ0v) is 17.2. The van der Waals surface area contributed by atoms with Gasteiger partial charge in [-0.05, 0) is 44.0 Å². The molecule has 10 heteroatoms. The molecule has 8 nitrogen and oxygen atoms in total. The summed E-state index contributed by atoms with van der Waals surface area (Å²) in [5.41, 5.74) is 0.887. The number of hydrogen-bond donors (Lipinski definition) is 1. The van der Waals surface area contributed by atoms with E-state index < -0.39 is 20.9 Å². The highest BCUT2D eigenvalue weighted by Gasteiger charge is 2.33. The maximum atomic E-state index is 12.9. The molecule has 1 atom stereocenters. The number of nitro benzene ring substituents is 1. The molecule has 1 aliphatic rings. The number of carbonyl (C=O) groups excluding carboxylic acids is 1. The molecule has 2 aromatic carbocycles. The van der Waals surface area contributed by atoms with E-state index in [2.05, 4.69) is 5.32 Å². The van der Waals surface area contributed by atoms with Crippen LogP contribution in [0.1, 0.15) is 18.4 Å². The van der Waals surface area contributed by atoms with Crippen LogP contribution in [0.15, 0.2) is 47.4 Å². The molecule has 0 aliphatic carbocycles. The van der Waals surface area contributed by atoms with Crippen molar-refractivity contribution in [1.82, 2.24) is 4.31 Å². The molecule has 0 saturated carbocycles. The summed E-state index contributed by atoms with van der Waals surface area (Å²) < 4.78 is 27.1. The van der Waals surface area contributed by atoms with E-state index in [4.69, 9.17) is 11.6 Å². The lowest BCUT2D eigenvalue weighted by Gasteiger charge is -2.31. The molecule has 1 saturated heterocycles. The Kier molecular flexibility index (Phi) is 6.21. The second-order valence-electron chi connectivity index (χ2n) is 6.93. The number of anilines is 1. The van der Waals surface area contributed by atoms with E-state index in [0.717, 1.165) is 5.56 Å². The van der Waals surface area contributed by atoms with Crippen molar-refractivity contribution in [2.24, 2.45) is 5.92 Å². The van der Waals surface area contributed by atoms with Crippen LogP contribution in [0.5, 0.6) is 0 Å². The van der Waals surface area contributed by atoms with Gasteiger partial charge in [-0.1, -0.05) is 29.3 Å². The average Bonchev–Trinajstić information content (AvgIpc) is 2.69. The summed E-state index contributed by atoms with van der Waals surface area (Å²) in [7, 11) is -3.70. The van der Waals surface area contributed by atoms with E-state index in [1.807, 2.05) is 6.92 Å². The molecule has 3 rings (SSSR count). The van der Waals surface area contributed by atoms with Gasteiger partial charge in [0.2, 0.25) is 15.9 Å². The first kappa shape index (κ1) is 21.2. The van der Waals surface area contributed by atoms with Crippen LogP contribution in [-0.2, 0) is 14.8 Å². The largest absolute Gasteiger partial charge is 0.326 e. The Labute approximate surface area is 173 Å². The van der Waals surface area contributed by atoms with Crippen molar-refractivity contribution in [2.45, 2.75) is 24.7 Å². The fraction of sp³-hybridized carbons (Fsp3) is 0.316. The summed E-state index contributed by atoms with van der Waals surface area (Å²) in [6.45, 7) is 2.27. The lowest BCUT2D eigenvalue weighted by molar-refractivity contribution is -0.384. The number of sulfonamides is 1. The van der Waals surface area contributed by atoms with Crippen LogP contribution in [-0.4, -0.2) is 36.6 Å². The Morgan fingerprint density at radius 3 is 2.59 bits per heavy atom. The van der Waals surface area contributed by atoms with Crippen LogP contribution in [0.2, 0.25) is 5.02 Å². The first-order valence-corrected chi connectivity index (χ1v) is 10.8. The third-order valence-corrected chi connectivity index (χ3v) is 7.02. The van der Waals surface area contributed by atoms with Gasteiger partial charge in [0.05, 0.1) is 15.7 Å². The second kappa shape index (κ2) is 8.48. The summed E-state index contributed by atoms with van der Waals surface area (Å²) in [5, 5.41) is 13.6. The monoisotopic (exact) mass is 437 g/mol. The summed E-state index contributed by atoms with van der Waals surface area (Å²) in [6, 6.07) is 10.6. The number of aryl methyl sites for hydroxylation is 1. The molecule has 0 unspecified atom stereocenters. The van der Waals surface area contributed by atoms with Gasteiger partial charge >= 0.3 is 0 Å². The number of nitrogens with zero attached hydrogens (tertiary/aromatic N) is 2. The number of carbonyl (C=O) groups is 1. The number of rotatable bonds is 5. The Bertz CT molecular complexity index is 1040. The number of halogens is 1. The number of nitrogens with one attached hydrogen (secondary N) is 1. The lowest BCUT2D eigenvalue weighted by atomic mass is 9.98. The minimum absolute atomic E-state index is 0.0268. The first-order valence-electron chi connectivity index (χ1n) is 9.00. The van der Waals surface area contributed by atoms with Gasteiger partial charge in [-0.2, -0.15) is 4.31 Å². The van der Waals surface area contributed by atoms with Crippen LogP contribution >= 0.6 is 11.6 Å². The third kappa shape index (κ3) is 4.75. The normalized spacial score (nSPS) is 17.7. The molecule has 0 spiro atoms. The molecule has 1 N–H and O–H groups in total. The standard InChI is InChI=1S/C19H20ClN3O5S/c1-13-4-7-16(8-5-13)29(27,28)22-10-2-3-14(12-22)19(24)21-15-6-9-17(20)18(11-15)23(25)26/h4-9,11,14H,2-3,10,12H2,1H3,(H,21,24)/t14-/m0/s1. The SMILES string of the molecule is Cc1ccc(S(=O)(=O)N2CCC[C@H](C(=O)Nc3ccc(Cl)c([N+](=O)[O-])c3)C2)cc1. The number of benzene rings is 2. The lowest BCUT2D eigenvalue weighted by Crippen LogP contribution is -2.43. The van der Waals surface area contributed by atoms with E-state index in [1.54, 1.807) is 24.3 Å². The van der Waals surface area contributed by atoms with E-state index in [-0.39, 0.29) is 33.7 Å². The van der Waals surface area contributed by atoms with Gasteiger partial charge in [0, 0.05) is 24.8 Å². The predicted molar refractivity (Wildman–Crippen MR) is 109 cm³/mol. The topological polar surface area (TPSA) is 110 Å². The van der Waals surface area contributed by atoms with E-state index in [1.165, 1.54) is 22.5 Å². The maximum Gasteiger partial charge on any atom is 0.289 e. The molecule has 29 heavy (non-hydrogen) atoms. The molecule has 1 fully saturated rings. The van der Waals surface area contributed by atoms with Crippen molar-refractivity contribution in [2.75, 3.05) is 18.4 Å². The van der Waals surface area contributed by atoms with Gasteiger partial charge in [-0.25, -0.2) is 8.42 Å². The zero-order valence-electron chi connectivity index (χ0n) is 15.7. The van der Waals surface area contributed by atoms with Crippen molar-refractivity contribution < 1.29 is 18.1 Å². The molecule has 1 aliphatic heterocycles. The van der Waals surface area contributed by atoms with E-state index in [0.29, 0.717) is 19.4 Å². The van der Waals surface area contributed by atoms with Crippen LogP contribution in [0.3, 0.4) is 0 Å². The van der Waals surface area contributed by atoms with Gasteiger partial charge in [0.25, 0.3) is 5.69 Å². The van der Waals surface area contributed by atoms with Crippen LogP contribution in [0.4, 0.5) is 11.4 Å². The minimum Gasteiger partial charge on any atom is -0.326 e. The molecule has 0 aromatic heterocycles. The molecule has 0 radical (unpaired) electrons. The van der Waals surface area contributed by atoms with E-state index in [9.17, 15) is 23.3 Å². The predicted octanol–water partition coefficient (Wildman–Crippen LogP) is 3.60. The maximum absolute atomic E-state index is 12.9. The molecule has 0 bridgehead atoms. The number of piperidine rings is 1. The third-order valence-electron chi connectivity index (χ3n) is 4.82. The smallest absolute Gasteiger partial charge is 0.289 e.